The van der Waals surface area contributed by atoms with E-state index in [1.54, 1.807) is 6.20 Å². The predicted molar refractivity (Wildman–Crippen MR) is 84.3 cm³/mol. The molecule has 1 heterocycles. The van der Waals surface area contributed by atoms with Gasteiger partial charge in [0.25, 0.3) is 5.56 Å². The van der Waals surface area contributed by atoms with E-state index in [2.05, 4.69) is 25.8 Å². The average molecular weight is 361 g/mol. The monoisotopic (exact) mass is 360 g/mol. The van der Waals surface area contributed by atoms with E-state index in [-0.39, 0.29) is 17.5 Å². The number of anilines is 1. The Kier molecular flexibility index (Phi) is 5.91. The summed E-state index contributed by atoms with van der Waals surface area (Å²) >= 11 is 3.27. The van der Waals surface area contributed by atoms with Gasteiger partial charge in [0.05, 0.1) is 19.0 Å². The van der Waals surface area contributed by atoms with Crippen molar-refractivity contribution in [3.05, 3.63) is 21.0 Å². The number of aromatic nitrogens is 2. The van der Waals surface area contributed by atoms with Crippen LogP contribution in [-0.2, 0) is 16.1 Å². The highest BCUT2D eigenvalue weighted by Gasteiger charge is 2.21. The minimum Gasteiger partial charge on any atom is -0.468 e. The Balaban J connectivity index is 3.04. The molecule has 1 aromatic heterocycles. The van der Waals surface area contributed by atoms with Crippen LogP contribution in [0.2, 0.25) is 0 Å². The van der Waals surface area contributed by atoms with Gasteiger partial charge < -0.3 is 15.4 Å². The molecule has 21 heavy (non-hydrogen) atoms. The van der Waals surface area contributed by atoms with Gasteiger partial charge in [-0.15, -0.1) is 0 Å². The van der Waals surface area contributed by atoms with Crippen LogP contribution >= 0.6 is 15.9 Å². The van der Waals surface area contributed by atoms with E-state index in [9.17, 15) is 9.59 Å². The summed E-state index contributed by atoms with van der Waals surface area (Å²) in [5.41, 5.74) is 5.91. The fraction of sp³-hybridized carbons (Fsp3) is 0.615. The fourth-order valence-electron chi connectivity index (χ4n) is 1.81. The first-order valence-electron chi connectivity index (χ1n) is 6.45. The standard InChI is InChI=1S/C13H21BrN4O3/c1-13(2,7-15)8-17(3)9-5-16-18(6-10(19)21-4)12(20)11(9)14/h5H,6-8,15H2,1-4H3. The lowest BCUT2D eigenvalue weighted by molar-refractivity contribution is -0.141. The maximum absolute atomic E-state index is 12.2. The molecule has 0 atom stereocenters. The second kappa shape index (κ2) is 7.04. The molecule has 0 bridgehead atoms. The molecule has 0 saturated carbocycles. The van der Waals surface area contributed by atoms with Gasteiger partial charge in [-0.05, 0) is 27.9 Å². The summed E-state index contributed by atoms with van der Waals surface area (Å²) in [6.07, 6.45) is 1.54. The van der Waals surface area contributed by atoms with Crippen molar-refractivity contribution in [1.29, 1.82) is 0 Å². The largest absolute Gasteiger partial charge is 0.468 e. The SMILES string of the molecule is COC(=O)Cn1ncc(N(C)CC(C)(C)CN)c(Br)c1=O. The van der Waals surface area contributed by atoms with Crippen molar-refractivity contribution < 1.29 is 9.53 Å². The molecular formula is C13H21BrN4O3. The Morgan fingerprint density at radius 2 is 2.19 bits per heavy atom. The molecule has 0 saturated heterocycles. The molecule has 1 rings (SSSR count). The topological polar surface area (TPSA) is 90.5 Å². The quantitative estimate of drug-likeness (QED) is 0.747. The normalized spacial score (nSPS) is 11.3. The number of ether oxygens (including phenoxy) is 1. The van der Waals surface area contributed by atoms with Crippen molar-refractivity contribution in [2.45, 2.75) is 20.4 Å². The molecule has 0 fully saturated rings. The number of methoxy groups -OCH3 is 1. The smallest absolute Gasteiger partial charge is 0.327 e. The van der Waals surface area contributed by atoms with Gasteiger partial charge in [-0.2, -0.15) is 5.10 Å². The average Bonchev–Trinajstić information content (AvgIpc) is 2.43. The molecule has 0 aliphatic heterocycles. The molecule has 8 heteroatoms. The Labute approximate surface area is 132 Å². The highest BCUT2D eigenvalue weighted by molar-refractivity contribution is 9.10. The van der Waals surface area contributed by atoms with Crippen LogP contribution in [-0.4, -0.2) is 43.0 Å². The molecule has 1 aromatic rings. The Bertz CT molecular complexity index is 571. The molecule has 0 unspecified atom stereocenters. The lowest BCUT2D eigenvalue weighted by Crippen LogP contribution is -2.38. The second-order valence-corrected chi connectivity index (χ2v) is 6.40. The first-order chi connectivity index (χ1) is 9.71. The van der Waals surface area contributed by atoms with E-state index in [1.807, 2.05) is 25.8 Å². The van der Waals surface area contributed by atoms with Crippen LogP contribution in [0.3, 0.4) is 0 Å². The third-order valence-electron chi connectivity index (χ3n) is 3.10. The van der Waals surface area contributed by atoms with Crippen LogP contribution in [0.25, 0.3) is 0 Å². The van der Waals surface area contributed by atoms with Crippen LogP contribution in [0, 0.1) is 5.41 Å². The summed E-state index contributed by atoms with van der Waals surface area (Å²) in [6.45, 7) is 5.07. The summed E-state index contributed by atoms with van der Waals surface area (Å²) in [4.78, 5) is 25.3. The second-order valence-electron chi connectivity index (χ2n) is 5.61. The van der Waals surface area contributed by atoms with Gasteiger partial charge in [0.15, 0.2) is 0 Å². The zero-order valence-electron chi connectivity index (χ0n) is 12.7. The van der Waals surface area contributed by atoms with Gasteiger partial charge in [-0.1, -0.05) is 13.8 Å². The Morgan fingerprint density at radius 1 is 1.57 bits per heavy atom. The first-order valence-corrected chi connectivity index (χ1v) is 7.25. The number of hydrogen-bond acceptors (Lipinski definition) is 6. The summed E-state index contributed by atoms with van der Waals surface area (Å²) in [7, 11) is 3.13. The van der Waals surface area contributed by atoms with Crippen molar-refractivity contribution in [2.75, 3.05) is 32.1 Å². The van der Waals surface area contributed by atoms with Crippen molar-refractivity contribution in [3.8, 4) is 0 Å². The molecule has 0 aromatic carbocycles. The number of esters is 1. The molecule has 0 amide bonds. The molecule has 118 valence electrons. The zero-order valence-corrected chi connectivity index (χ0v) is 14.3. The molecular weight excluding hydrogens is 340 g/mol. The van der Waals surface area contributed by atoms with Gasteiger partial charge >= 0.3 is 5.97 Å². The highest BCUT2D eigenvalue weighted by atomic mass is 79.9. The molecule has 0 spiro atoms. The van der Waals surface area contributed by atoms with Crippen LogP contribution in [0.1, 0.15) is 13.8 Å². The predicted octanol–water partition coefficient (Wildman–Crippen LogP) is 0.600. The van der Waals surface area contributed by atoms with E-state index in [1.165, 1.54) is 7.11 Å². The third kappa shape index (κ3) is 4.53. The van der Waals surface area contributed by atoms with Gasteiger partial charge in [0.1, 0.15) is 11.0 Å². The molecule has 7 nitrogen and oxygen atoms in total. The summed E-state index contributed by atoms with van der Waals surface area (Å²) < 4.78 is 5.94. The van der Waals surface area contributed by atoms with E-state index in [0.717, 1.165) is 4.68 Å². The number of rotatable bonds is 6. The van der Waals surface area contributed by atoms with Crippen LogP contribution in [0.5, 0.6) is 0 Å². The Hall–Kier alpha value is -1.41. The highest BCUT2D eigenvalue weighted by Crippen LogP contribution is 2.24. The summed E-state index contributed by atoms with van der Waals surface area (Å²) in [5, 5.41) is 4.00. The number of carbonyl (C=O) groups is 1. The summed E-state index contributed by atoms with van der Waals surface area (Å²) in [5.74, 6) is -0.526. The minimum atomic E-state index is -0.526. The van der Waals surface area contributed by atoms with E-state index in [4.69, 9.17) is 5.73 Å². The fourth-order valence-corrected chi connectivity index (χ4v) is 2.42. The molecule has 0 aliphatic carbocycles. The Morgan fingerprint density at radius 3 is 2.71 bits per heavy atom. The van der Waals surface area contributed by atoms with E-state index < -0.39 is 5.97 Å². The van der Waals surface area contributed by atoms with Crippen molar-refractivity contribution in [3.63, 3.8) is 0 Å². The van der Waals surface area contributed by atoms with Crippen LogP contribution < -0.4 is 16.2 Å². The minimum absolute atomic E-state index is 0.0882. The van der Waals surface area contributed by atoms with Crippen LogP contribution in [0.4, 0.5) is 5.69 Å². The molecule has 2 N–H and O–H groups in total. The van der Waals surface area contributed by atoms with E-state index in [0.29, 0.717) is 23.2 Å². The zero-order chi connectivity index (χ0) is 16.2. The van der Waals surface area contributed by atoms with E-state index >= 15 is 0 Å². The summed E-state index contributed by atoms with van der Waals surface area (Å²) in [6, 6.07) is 0. The van der Waals surface area contributed by atoms with Crippen molar-refractivity contribution in [2.24, 2.45) is 11.1 Å². The number of halogens is 1. The first kappa shape index (κ1) is 17.6. The lowest BCUT2D eigenvalue weighted by atomic mass is 9.93. The maximum Gasteiger partial charge on any atom is 0.327 e. The van der Waals surface area contributed by atoms with Gasteiger partial charge in [0, 0.05) is 13.6 Å². The van der Waals surface area contributed by atoms with Gasteiger partial charge in [-0.25, -0.2) is 4.68 Å². The molecule has 0 aliphatic rings. The lowest BCUT2D eigenvalue weighted by Gasteiger charge is -2.30. The van der Waals surface area contributed by atoms with Crippen LogP contribution in [0.15, 0.2) is 15.5 Å². The number of nitrogens with zero attached hydrogens (tertiary/aromatic N) is 3. The van der Waals surface area contributed by atoms with Gasteiger partial charge in [0.2, 0.25) is 0 Å². The number of nitrogens with two attached hydrogens (primary N) is 1. The van der Waals surface area contributed by atoms with Crippen molar-refractivity contribution >= 4 is 27.6 Å². The number of hydrogen-bond donors (Lipinski definition) is 1. The van der Waals surface area contributed by atoms with Crippen molar-refractivity contribution in [1.82, 2.24) is 9.78 Å². The van der Waals surface area contributed by atoms with Gasteiger partial charge in [-0.3, -0.25) is 9.59 Å². The third-order valence-corrected chi connectivity index (χ3v) is 3.85. The number of carbonyl (C=O) groups excluding carboxylic acids is 1. The maximum atomic E-state index is 12.2. The molecule has 0 radical (unpaired) electrons.